The highest BCUT2D eigenvalue weighted by molar-refractivity contribution is 6.30. The molecule has 24 heavy (non-hydrogen) atoms. The molecular weight excluding hydrogens is 322 g/mol. The van der Waals surface area contributed by atoms with Gasteiger partial charge in [-0.3, -0.25) is 4.79 Å². The van der Waals surface area contributed by atoms with Gasteiger partial charge in [-0.05, 0) is 69.2 Å². The molecule has 4 heteroatoms. The van der Waals surface area contributed by atoms with Crippen LogP contribution in [0.3, 0.4) is 0 Å². The van der Waals surface area contributed by atoms with Crippen LogP contribution in [0, 0.1) is 31.6 Å². The minimum Gasteiger partial charge on any atom is -0.385 e. The molecule has 3 rings (SSSR count). The Morgan fingerprint density at radius 2 is 1.75 bits per heavy atom. The van der Waals surface area contributed by atoms with Crippen molar-refractivity contribution in [2.45, 2.75) is 31.3 Å². The molecule has 1 saturated heterocycles. The zero-order valence-electron chi connectivity index (χ0n) is 13.7. The second-order valence-electron chi connectivity index (χ2n) is 6.58. The fourth-order valence-electron chi connectivity index (χ4n) is 3.36. The molecular formula is C20H23ClNO2. The van der Waals surface area contributed by atoms with Crippen molar-refractivity contribution < 1.29 is 9.90 Å². The summed E-state index contributed by atoms with van der Waals surface area (Å²) < 4.78 is 0. The lowest BCUT2D eigenvalue weighted by molar-refractivity contribution is -0.116. The lowest BCUT2D eigenvalue weighted by atomic mass is 9.84. The van der Waals surface area contributed by atoms with E-state index in [4.69, 9.17) is 11.6 Å². The molecule has 127 valence electrons. The summed E-state index contributed by atoms with van der Waals surface area (Å²) in [4.78, 5) is 14.3. The summed E-state index contributed by atoms with van der Waals surface area (Å²) in [5.74, 6) is 1.03. The maximum absolute atomic E-state index is 12.0. The molecule has 0 aromatic heterocycles. The van der Waals surface area contributed by atoms with E-state index in [2.05, 4.69) is 4.90 Å². The van der Waals surface area contributed by atoms with E-state index in [1.807, 2.05) is 49.9 Å². The Kier molecular flexibility index (Phi) is 5.96. The Hall–Kier alpha value is -0.900. The van der Waals surface area contributed by atoms with Crippen molar-refractivity contribution >= 4 is 17.4 Å². The van der Waals surface area contributed by atoms with Crippen LogP contribution < -0.4 is 0 Å². The Morgan fingerprint density at radius 3 is 2.38 bits per heavy atom. The highest BCUT2D eigenvalue weighted by atomic mass is 35.5. The molecule has 1 heterocycles. The van der Waals surface area contributed by atoms with E-state index < -0.39 is 5.60 Å². The number of Topliss-reactive ketones (excluding diaryl/α,β-unsaturated/α-hetero) is 1. The predicted molar refractivity (Wildman–Crippen MR) is 95.7 cm³/mol. The first-order chi connectivity index (χ1) is 11.6. The van der Waals surface area contributed by atoms with Crippen LogP contribution in [-0.4, -0.2) is 35.4 Å². The third-order valence-electron chi connectivity index (χ3n) is 4.93. The maximum Gasteiger partial charge on any atom is 0.140 e. The number of benzene rings is 1. The van der Waals surface area contributed by atoms with Crippen molar-refractivity contribution in [3.63, 3.8) is 0 Å². The minimum absolute atomic E-state index is 0.217. The molecule has 1 saturated carbocycles. The Labute approximate surface area is 150 Å². The number of aliphatic hydroxyl groups is 1. The summed E-state index contributed by atoms with van der Waals surface area (Å²) >= 11 is 5.92. The predicted octanol–water partition coefficient (Wildman–Crippen LogP) is 3.38. The number of hydrogen-bond acceptors (Lipinski definition) is 3. The normalized spacial score (nSPS) is 21.9. The van der Waals surface area contributed by atoms with Gasteiger partial charge >= 0.3 is 0 Å². The van der Waals surface area contributed by atoms with Gasteiger partial charge in [0.1, 0.15) is 5.78 Å². The fourth-order valence-corrected chi connectivity index (χ4v) is 3.49. The molecule has 0 unspecified atom stereocenters. The molecule has 0 spiro atoms. The average Bonchev–Trinajstić information content (AvgIpc) is 3.12. The zero-order chi connectivity index (χ0) is 17.0. The standard InChI is InChI=1S/C20H23ClNO2/c21-18-9-7-17(8-10-18)20(24)11-14-22(15-12-20)13-3-6-19(23)16-4-1-2-5-16/h1-2,4-5,7-10,24H,3,6,11-15H2. The van der Waals surface area contributed by atoms with Crippen LogP contribution in [0.2, 0.25) is 5.02 Å². The van der Waals surface area contributed by atoms with E-state index in [-0.39, 0.29) is 5.78 Å². The minimum atomic E-state index is -0.758. The SMILES string of the molecule is O=C(CCCN1CCC(O)(c2ccc(Cl)cc2)CC1)[C]1[CH][CH][CH][CH]1. The number of likely N-dealkylation sites (tertiary alicyclic amines) is 1. The second-order valence-corrected chi connectivity index (χ2v) is 7.02. The van der Waals surface area contributed by atoms with Crippen molar-refractivity contribution in [3.05, 3.63) is 66.5 Å². The van der Waals surface area contributed by atoms with Crippen molar-refractivity contribution in [1.29, 1.82) is 0 Å². The highest BCUT2D eigenvalue weighted by Crippen LogP contribution is 2.33. The number of ketones is 1. The lowest BCUT2D eigenvalue weighted by Crippen LogP contribution is -2.42. The molecule has 0 atom stereocenters. The van der Waals surface area contributed by atoms with Gasteiger partial charge in [-0.15, -0.1) is 0 Å². The number of hydrogen-bond donors (Lipinski definition) is 1. The molecule has 3 nitrogen and oxygen atoms in total. The van der Waals surface area contributed by atoms with Gasteiger partial charge < -0.3 is 10.0 Å². The molecule has 1 aromatic rings. The van der Waals surface area contributed by atoms with Gasteiger partial charge in [0.25, 0.3) is 0 Å². The molecule has 1 aliphatic heterocycles. The first-order valence-corrected chi connectivity index (χ1v) is 8.90. The van der Waals surface area contributed by atoms with Gasteiger partial charge in [0.2, 0.25) is 0 Å². The number of carbonyl (C=O) groups excluding carboxylic acids is 1. The molecule has 2 fully saturated rings. The Balaban J connectivity index is 1.41. The van der Waals surface area contributed by atoms with E-state index in [0.29, 0.717) is 24.3 Å². The van der Waals surface area contributed by atoms with Crippen LogP contribution >= 0.6 is 11.6 Å². The largest absolute Gasteiger partial charge is 0.385 e. The van der Waals surface area contributed by atoms with Crippen molar-refractivity contribution in [3.8, 4) is 0 Å². The molecule has 2 aliphatic rings. The van der Waals surface area contributed by atoms with Crippen LogP contribution in [0.15, 0.2) is 24.3 Å². The topological polar surface area (TPSA) is 40.5 Å². The number of piperidine rings is 1. The summed E-state index contributed by atoms with van der Waals surface area (Å²) in [7, 11) is 0. The quantitative estimate of drug-likeness (QED) is 0.860. The monoisotopic (exact) mass is 344 g/mol. The maximum atomic E-state index is 12.0. The van der Waals surface area contributed by atoms with Crippen molar-refractivity contribution in [1.82, 2.24) is 4.90 Å². The van der Waals surface area contributed by atoms with Crippen molar-refractivity contribution in [2.75, 3.05) is 19.6 Å². The third-order valence-corrected chi connectivity index (χ3v) is 5.18. The number of nitrogens with zero attached hydrogens (tertiary/aromatic N) is 1. The molecule has 1 N–H and O–H groups in total. The van der Waals surface area contributed by atoms with E-state index in [0.717, 1.165) is 37.5 Å². The Bertz CT molecular complexity index is 543. The highest BCUT2D eigenvalue weighted by Gasteiger charge is 2.33. The van der Waals surface area contributed by atoms with Gasteiger partial charge in [-0.2, -0.15) is 0 Å². The zero-order valence-corrected chi connectivity index (χ0v) is 14.5. The molecule has 1 aromatic carbocycles. The molecule has 0 amide bonds. The second kappa shape index (κ2) is 7.99. The van der Waals surface area contributed by atoms with Gasteiger partial charge in [0.05, 0.1) is 5.60 Å². The molecule has 0 bridgehead atoms. The van der Waals surface area contributed by atoms with Crippen LogP contribution in [0.25, 0.3) is 0 Å². The average molecular weight is 345 g/mol. The van der Waals surface area contributed by atoms with Gasteiger partial charge in [-0.1, -0.05) is 23.7 Å². The van der Waals surface area contributed by atoms with Crippen molar-refractivity contribution in [2.24, 2.45) is 0 Å². The van der Waals surface area contributed by atoms with Crippen LogP contribution in [0.1, 0.15) is 31.2 Å². The van der Waals surface area contributed by atoms with Crippen LogP contribution in [-0.2, 0) is 10.4 Å². The van der Waals surface area contributed by atoms with Gasteiger partial charge in [0, 0.05) is 30.5 Å². The summed E-state index contributed by atoms with van der Waals surface area (Å²) in [6.45, 7) is 2.61. The Morgan fingerprint density at radius 1 is 1.12 bits per heavy atom. The summed E-state index contributed by atoms with van der Waals surface area (Å²) in [6.07, 6.45) is 10.4. The van der Waals surface area contributed by atoms with E-state index in [9.17, 15) is 9.90 Å². The van der Waals surface area contributed by atoms with E-state index >= 15 is 0 Å². The van der Waals surface area contributed by atoms with Gasteiger partial charge in [-0.25, -0.2) is 0 Å². The number of rotatable bonds is 6. The summed E-state index contributed by atoms with van der Waals surface area (Å²) in [5.41, 5.74) is 0.185. The number of carbonyl (C=O) groups is 1. The third kappa shape index (κ3) is 4.38. The fraction of sp³-hybridized carbons (Fsp3) is 0.400. The van der Waals surface area contributed by atoms with E-state index in [1.165, 1.54) is 0 Å². The first kappa shape index (κ1) is 17.9. The van der Waals surface area contributed by atoms with Crippen LogP contribution in [0.5, 0.6) is 0 Å². The first-order valence-electron chi connectivity index (χ1n) is 8.52. The van der Waals surface area contributed by atoms with Gasteiger partial charge in [0.15, 0.2) is 0 Å². The molecule has 1 aliphatic carbocycles. The smallest absolute Gasteiger partial charge is 0.140 e. The lowest BCUT2D eigenvalue weighted by Gasteiger charge is -2.38. The van der Waals surface area contributed by atoms with Crippen LogP contribution in [0.4, 0.5) is 0 Å². The number of halogens is 1. The molecule has 5 radical (unpaired) electrons. The summed E-state index contributed by atoms with van der Waals surface area (Å²) in [5, 5.41) is 11.6. The summed E-state index contributed by atoms with van der Waals surface area (Å²) in [6, 6.07) is 7.49. The van der Waals surface area contributed by atoms with E-state index in [1.54, 1.807) is 0 Å².